The van der Waals surface area contributed by atoms with Crippen molar-refractivity contribution in [3.05, 3.63) is 60.7 Å². The zero-order chi connectivity index (χ0) is 13.6. The van der Waals surface area contributed by atoms with Gasteiger partial charge in [-0.05, 0) is 11.1 Å². The van der Waals surface area contributed by atoms with Gasteiger partial charge in [-0.3, -0.25) is 0 Å². The summed E-state index contributed by atoms with van der Waals surface area (Å²) in [6, 6.07) is 20.8. The number of hydrogen-bond donors (Lipinski definition) is 2. The second kappa shape index (κ2) is 10.7. The summed E-state index contributed by atoms with van der Waals surface area (Å²) >= 11 is 0. The first kappa shape index (κ1) is 15.2. The molecule has 0 spiro atoms. The Labute approximate surface area is 105 Å². The molecule has 2 N–H and O–H groups in total. The molecule has 0 saturated carbocycles. The summed E-state index contributed by atoms with van der Waals surface area (Å²) in [4.78, 5) is 16.7. The number of hydrogen-bond acceptors (Lipinski definition) is 4. The standard InChI is InChI=1S/C12H10.2CHNO/c1-3-7-11(8-4-1)12-9-5-2-6-10-12;2*2-1-3/h1-10H;2*2H. The lowest BCUT2D eigenvalue weighted by atomic mass is 10.1. The van der Waals surface area contributed by atoms with Crippen LogP contribution in [0.25, 0.3) is 11.1 Å². The second-order valence-electron chi connectivity index (χ2n) is 2.94. The molecule has 0 atom stereocenters. The van der Waals surface area contributed by atoms with E-state index in [2.05, 4.69) is 48.5 Å². The van der Waals surface area contributed by atoms with Gasteiger partial charge in [0.05, 0.1) is 0 Å². The van der Waals surface area contributed by atoms with Crippen LogP contribution in [0.2, 0.25) is 0 Å². The van der Waals surface area contributed by atoms with Crippen LogP contribution in [0.5, 0.6) is 0 Å². The minimum atomic E-state index is 0.750. The molecule has 0 fully saturated rings. The van der Waals surface area contributed by atoms with Crippen molar-refractivity contribution in [2.45, 2.75) is 0 Å². The average Bonchev–Trinajstić information content (AvgIpc) is 2.43. The average molecular weight is 240 g/mol. The van der Waals surface area contributed by atoms with Crippen molar-refractivity contribution in [1.29, 1.82) is 10.8 Å². The fraction of sp³-hybridized carbons (Fsp3) is 0. The number of carbonyl (C=O) groups excluding carboxylic acids is 2. The van der Waals surface area contributed by atoms with E-state index in [1.165, 1.54) is 11.1 Å². The summed E-state index contributed by atoms with van der Waals surface area (Å²) < 4.78 is 0. The maximum atomic E-state index is 8.35. The monoisotopic (exact) mass is 240 g/mol. The Hall–Kier alpha value is -2.80. The molecule has 2 rings (SSSR count). The molecule has 2 aromatic carbocycles. The van der Waals surface area contributed by atoms with E-state index < -0.39 is 0 Å². The number of rotatable bonds is 1. The molecule has 0 radical (unpaired) electrons. The van der Waals surface area contributed by atoms with Crippen LogP contribution in [0.15, 0.2) is 60.7 Å². The lowest BCUT2D eigenvalue weighted by molar-refractivity contribution is 0.562. The van der Waals surface area contributed by atoms with E-state index >= 15 is 0 Å². The maximum Gasteiger partial charge on any atom is 0.231 e. The van der Waals surface area contributed by atoms with Crippen molar-refractivity contribution in [2.75, 3.05) is 0 Å². The van der Waals surface area contributed by atoms with Gasteiger partial charge in [-0.1, -0.05) is 60.7 Å². The van der Waals surface area contributed by atoms with E-state index in [1.807, 2.05) is 12.1 Å². The van der Waals surface area contributed by atoms with Crippen molar-refractivity contribution in [3.63, 3.8) is 0 Å². The van der Waals surface area contributed by atoms with Gasteiger partial charge < -0.3 is 0 Å². The molecule has 4 heteroatoms. The summed E-state index contributed by atoms with van der Waals surface area (Å²) in [5.41, 5.74) is 2.55. The molecular formula is C14H12N2O2. The Balaban J connectivity index is 0.000000414. The third kappa shape index (κ3) is 6.64. The summed E-state index contributed by atoms with van der Waals surface area (Å²) in [6.45, 7) is 0. The van der Waals surface area contributed by atoms with Crippen LogP contribution in [0.4, 0.5) is 0 Å². The Morgan fingerprint density at radius 3 is 1.06 bits per heavy atom. The Morgan fingerprint density at radius 1 is 0.611 bits per heavy atom. The molecule has 0 aliphatic rings. The smallest absolute Gasteiger partial charge is 0.222 e. The molecule has 90 valence electrons. The molecule has 4 nitrogen and oxygen atoms in total. The van der Waals surface area contributed by atoms with Crippen LogP contribution in [-0.2, 0) is 9.59 Å². The summed E-state index contributed by atoms with van der Waals surface area (Å²) in [7, 11) is 0. The molecule has 0 heterocycles. The van der Waals surface area contributed by atoms with Gasteiger partial charge in [-0.15, -0.1) is 0 Å². The maximum absolute atomic E-state index is 8.35. The lowest BCUT2D eigenvalue weighted by Crippen LogP contribution is -1.73. The van der Waals surface area contributed by atoms with Crippen LogP contribution >= 0.6 is 0 Å². The highest BCUT2D eigenvalue weighted by Gasteiger charge is 1.91. The van der Waals surface area contributed by atoms with Crippen LogP contribution in [0.3, 0.4) is 0 Å². The van der Waals surface area contributed by atoms with E-state index in [0.29, 0.717) is 0 Å². The van der Waals surface area contributed by atoms with E-state index in [9.17, 15) is 0 Å². The van der Waals surface area contributed by atoms with Gasteiger partial charge in [-0.25, -0.2) is 20.4 Å². The number of nitrogens with one attached hydrogen (secondary N) is 2. The van der Waals surface area contributed by atoms with Gasteiger partial charge in [0.15, 0.2) is 0 Å². The molecule has 0 aliphatic carbocycles. The van der Waals surface area contributed by atoms with Gasteiger partial charge in [-0.2, -0.15) is 0 Å². The van der Waals surface area contributed by atoms with Crippen LogP contribution in [0, 0.1) is 10.8 Å². The minimum Gasteiger partial charge on any atom is -0.222 e. The number of benzene rings is 2. The summed E-state index contributed by atoms with van der Waals surface area (Å²) in [5.74, 6) is 0. The van der Waals surface area contributed by atoms with Crippen LogP contribution in [-0.4, -0.2) is 12.2 Å². The van der Waals surface area contributed by atoms with E-state index in [0.717, 1.165) is 12.2 Å². The first-order chi connectivity index (χ1) is 8.79. The zero-order valence-corrected chi connectivity index (χ0v) is 9.59. The fourth-order valence-corrected chi connectivity index (χ4v) is 1.26. The second-order valence-corrected chi connectivity index (χ2v) is 2.94. The van der Waals surface area contributed by atoms with Crippen molar-refractivity contribution in [1.82, 2.24) is 0 Å². The number of isocyanates is 2. The normalized spacial score (nSPS) is 7.33. The SMILES string of the molecule is N=C=O.N=C=O.c1ccc(-c2ccccc2)cc1. The molecule has 0 unspecified atom stereocenters. The van der Waals surface area contributed by atoms with Crippen molar-refractivity contribution in [3.8, 4) is 11.1 Å². The Bertz CT molecular complexity index is 448. The fourth-order valence-electron chi connectivity index (χ4n) is 1.26. The molecule has 0 aromatic heterocycles. The molecular weight excluding hydrogens is 228 g/mol. The summed E-state index contributed by atoms with van der Waals surface area (Å²) in [6.07, 6.45) is 1.50. The quantitative estimate of drug-likeness (QED) is 0.593. The highest BCUT2D eigenvalue weighted by atomic mass is 16.1. The Morgan fingerprint density at radius 2 is 0.833 bits per heavy atom. The highest BCUT2D eigenvalue weighted by molar-refractivity contribution is 5.62. The third-order valence-electron chi connectivity index (χ3n) is 1.88. The molecule has 18 heavy (non-hydrogen) atoms. The molecule has 0 saturated heterocycles. The van der Waals surface area contributed by atoms with Crippen molar-refractivity contribution >= 4 is 12.2 Å². The third-order valence-corrected chi connectivity index (χ3v) is 1.88. The van der Waals surface area contributed by atoms with Gasteiger partial charge in [0.1, 0.15) is 0 Å². The zero-order valence-electron chi connectivity index (χ0n) is 9.59. The molecule has 0 bridgehead atoms. The van der Waals surface area contributed by atoms with Crippen LogP contribution < -0.4 is 0 Å². The van der Waals surface area contributed by atoms with E-state index in [4.69, 9.17) is 20.4 Å². The predicted molar refractivity (Wildman–Crippen MR) is 68.7 cm³/mol. The first-order valence-corrected chi connectivity index (χ1v) is 4.98. The predicted octanol–water partition coefficient (Wildman–Crippen LogP) is 3.16. The topological polar surface area (TPSA) is 81.8 Å². The first-order valence-electron chi connectivity index (χ1n) is 4.98. The van der Waals surface area contributed by atoms with Crippen molar-refractivity contribution < 1.29 is 9.59 Å². The van der Waals surface area contributed by atoms with Gasteiger partial charge in [0.25, 0.3) is 0 Å². The molecule has 2 aromatic rings. The molecule has 0 amide bonds. The molecule has 0 aliphatic heterocycles. The van der Waals surface area contributed by atoms with E-state index in [1.54, 1.807) is 0 Å². The van der Waals surface area contributed by atoms with Crippen molar-refractivity contribution in [2.24, 2.45) is 0 Å². The van der Waals surface area contributed by atoms with Gasteiger partial charge in [0, 0.05) is 0 Å². The summed E-state index contributed by atoms with van der Waals surface area (Å²) in [5, 5.41) is 10.8. The highest BCUT2D eigenvalue weighted by Crippen LogP contribution is 2.17. The van der Waals surface area contributed by atoms with Crippen LogP contribution in [0.1, 0.15) is 0 Å². The Kier molecular flexibility index (Phi) is 9.04. The van der Waals surface area contributed by atoms with Gasteiger partial charge in [0.2, 0.25) is 12.2 Å². The largest absolute Gasteiger partial charge is 0.231 e. The van der Waals surface area contributed by atoms with Gasteiger partial charge >= 0.3 is 0 Å². The van der Waals surface area contributed by atoms with E-state index in [-0.39, 0.29) is 0 Å². The minimum absolute atomic E-state index is 0.750. The lowest BCUT2D eigenvalue weighted by Gasteiger charge is -1.98.